The quantitative estimate of drug-likeness (QED) is 0.901. The Morgan fingerprint density at radius 3 is 2.43 bits per heavy atom. The lowest BCUT2D eigenvalue weighted by atomic mass is 10.0. The van der Waals surface area contributed by atoms with E-state index in [0.29, 0.717) is 12.1 Å². The maximum atomic E-state index is 5.97. The first kappa shape index (κ1) is 16.5. The molecule has 1 aromatic carbocycles. The predicted molar refractivity (Wildman–Crippen MR) is 88.3 cm³/mol. The maximum absolute atomic E-state index is 5.97. The fourth-order valence-corrected chi connectivity index (χ4v) is 3.05. The molecular formula is C18H30N2O. The Hall–Kier alpha value is -0.900. The van der Waals surface area contributed by atoms with Gasteiger partial charge in [0.15, 0.2) is 0 Å². The number of hydrogen-bond donors (Lipinski definition) is 1. The van der Waals surface area contributed by atoms with Crippen LogP contribution in [0.25, 0.3) is 0 Å². The van der Waals surface area contributed by atoms with Gasteiger partial charge in [-0.05, 0) is 31.9 Å². The lowest BCUT2D eigenvalue weighted by Gasteiger charge is -2.41. The van der Waals surface area contributed by atoms with Crippen LogP contribution < -0.4 is 5.32 Å². The van der Waals surface area contributed by atoms with Crippen molar-refractivity contribution in [3.8, 4) is 0 Å². The molecule has 3 heteroatoms. The Balaban J connectivity index is 1.91. The van der Waals surface area contributed by atoms with Gasteiger partial charge in [-0.2, -0.15) is 0 Å². The Morgan fingerprint density at radius 2 is 1.86 bits per heavy atom. The van der Waals surface area contributed by atoms with Gasteiger partial charge in [-0.3, -0.25) is 4.90 Å². The van der Waals surface area contributed by atoms with Gasteiger partial charge in [0, 0.05) is 32.2 Å². The zero-order chi connectivity index (χ0) is 15.5. The molecule has 1 saturated heterocycles. The van der Waals surface area contributed by atoms with E-state index in [1.54, 1.807) is 0 Å². The molecule has 1 N–H and O–H groups in total. The van der Waals surface area contributed by atoms with Gasteiger partial charge >= 0.3 is 0 Å². The number of hydrogen-bond acceptors (Lipinski definition) is 3. The first-order chi connectivity index (χ1) is 9.84. The summed E-state index contributed by atoms with van der Waals surface area (Å²) in [4.78, 5) is 2.50. The second kappa shape index (κ2) is 6.91. The van der Waals surface area contributed by atoms with Crippen LogP contribution in [0, 0.1) is 0 Å². The lowest BCUT2D eigenvalue weighted by Crippen LogP contribution is -2.51. The van der Waals surface area contributed by atoms with Crippen molar-refractivity contribution in [2.75, 3.05) is 13.1 Å². The molecule has 0 radical (unpaired) electrons. The molecule has 0 spiro atoms. The van der Waals surface area contributed by atoms with E-state index in [0.717, 1.165) is 26.2 Å². The molecule has 1 aromatic rings. The summed E-state index contributed by atoms with van der Waals surface area (Å²) in [5.74, 6) is 0. The summed E-state index contributed by atoms with van der Waals surface area (Å²) in [5.41, 5.74) is 2.69. The summed E-state index contributed by atoms with van der Waals surface area (Å²) < 4.78 is 5.97. The normalized spacial score (nSPS) is 22.7. The van der Waals surface area contributed by atoms with Crippen LogP contribution >= 0.6 is 0 Å². The summed E-state index contributed by atoms with van der Waals surface area (Å²) in [6, 6.07) is 9.51. The number of nitrogens with zero attached hydrogens (tertiary/aromatic N) is 1. The first-order valence-electron chi connectivity index (χ1n) is 8.05. The summed E-state index contributed by atoms with van der Waals surface area (Å²) in [6.07, 6.45) is 0.309. The Labute approximate surface area is 129 Å². The van der Waals surface area contributed by atoms with Gasteiger partial charge < -0.3 is 10.1 Å². The molecule has 118 valence electrons. The van der Waals surface area contributed by atoms with Crippen molar-refractivity contribution in [1.82, 2.24) is 10.2 Å². The van der Waals surface area contributed by atoms with E-state index < -0.39 is 0 Å². The third-order valence-corrected chi connectivity index (χ3v) is 3.78. The number of nitrogens with one attached hydrogen (secondary N) is 1. The molecule has 3 nitrogen and oxygen atoms in total. The summed E-state index contributed by atoms with van der Waals surface area (Å²) in [6.45, 7) is 14.8. The molecule has 21 heavy (non-hydrogen) atoms. The second-order valence-electron chi connectivity index (χ2n) is 7.21. The molecule has 2 rings (SSSR count). The van der Waals surface area contributed by atoms with Crippen LogP contribution in [-0.2, 0) is 17.8 Å². The van der Waals surface area contributed by atoms with Crippen molar-refractivity contribution < 1.29 is 4.74 Å². The van der Waals surface area contributed by atoms with Crippen molar-refractivity contribution in [3.05, 3.63) is 35.4 Å². The van der Waals surface area contributed by atoms with E-state index in [1.807, 2.05) is 0 Å². The lowest BCUT2D eigenvalue weighted by molar-refractivity contribution is -0.130. The van der Waals surface area contributed by atoms with Crippen LogP contribution in [0.2, 0.25) is 0 Å². The van der Waals surface area contributed by atoms with Gasteiger partial charge in [0.25, 0.3) is 0 Å². The average Bonchev–Trinajstić information content (AvgIpc) is 2.35. The molecule has 1 aliphatic heterocycles. The van der Waals surface area contributed by atoms with Crippen LogP contribution in [0.3, 0.4) is 0 Å². The number of rotatable bonds is 5. The predicted octanol–water partition coefficient (Wildman–Crippen LogP) is 3.18. The Kier molecular flexibility index (Phi) is 5.42. The SMILES string of the molecule is CC(C)NCc1ccc(CN2CC(C)OC(C)(C)C2)cc1. The van der Waals surface area contributed by atoms with Crippen molar-refractivity contribution in [2.24, 2.45) is 0 Å². The van der Waals surface area contributed by atoms with E-state index in [-0.39, 0.29) is 5.60 Å². The molecule has 0 aliphatic carbocycles. The zero-order valence-corrected chi connectivity index (χ0v) is 14.1. The number of benzene rings is 1. The smallest absolute Gasteiger partial charge is 0.0757 e. The van der Waals surface area contributed by atoms with Gasteiger partial charge in [-0.25, -0.2) is 0 Å². The van der Waals surface area contributed by atoms with Crippen LogP contribution in [0.5, 0.6) is 0 Å². The highest BCUT2D eigenvalue weighted by Crippen LogP contribution is 2.22. The van der Waals surface area contributed by atoms with Gasteiger partial charge in [0.2, 0.25) is 0 Å². The highest BCUT2D eigenvalue weighted by molar-refractivity contribution is 5.22. The molecule has 0 amide bonds. The van der Waals surface area contributed by atoms with Crippen LogP contribution in [-0.4, -0.2) is 35.7 Å². The fourth-order valence-electron chi connectivity index (χ4n) is 3.05. The minimum absolute atomic E-state index is 0.0429. The van der Waals surface area contributed by atoms with E-state index in [4.69, 9.17) is 4.74 Å². The molecule has 1 unspecified atom stereocenters. The highest BCUT2D eigenvalue weighted by Gasteiger charge is 2.30. The molecule has 0 saturated carbocycles. The van der Waals surface area contributed by atoms with Crippen molar-refractivity contribution in [2.45, 2.75) is 65.5 Å². The van der Waals surface area contributed by atoms with Gasteiger partial charge in [0.1, 0.15) is 0 Å². The van der Waals surface area contributed by atoms with E-state index in [9.17, 15) is 0 Å². The van der Waals surface area contributed by atoms with Crippen molar-refractivity contribution >= 4 is 0 Å². The molecule has 0 aromatic heterocycles. The largest absolute Gasteiger partial charge is 0.370 e. The minimum Gasteiger partial charge on any atom is -0.370 e. The molecule has 1 atom stereocenters. The van der Waals surface area contributed by atoms with Crippen LogP contribution in [0.15, 0.2) is 24.3 Å². The summed E-state index contributed by atoms with van der Waals surface area (Å²) >= 11 is 0. The van der Waals surface area contributed by atoms with Crippen LogP contribution in [0.4, 0.5) is 0 Å². The van der Waals surface area contributed by atoms with Gasteiger partial charge in [0.05, 0.1) is 11.7 Å². The fraction of sp³-hybridized carbons (Fsp3) is 0.667. The summed E-state index contributed by atoms with van der Waals surface area (Å²) in [5, 5.41) is 3.45. The second-order valence-corrected chi connectivity index (χ2v) is 7.21. The molecule has 0 bridgehead atoms. The van der Waals surface area contributed by atoms with Crippen LogP contribution in [0.1, 0.15) is 45.7 Å². The average molecular weight is 290 g/mol. The molecule has 1 heterocycles. The third kappa shape index (κ3) is 5.42. The monoisotopic (exact) mass is 290 g/mol. The van der Waals surface area contributed by atoms with Gasteiger partial charge in [-0.1, -0.05) is 38.1 Å². The summed E-state index contributed by atoms with van der Waals surface area (Å²) in [7, 11) is 0. The van der Waals surface area contributed by atoms with Crippen molar-refractivity contribution in [3.63, 3.8) is 0 Å². The van der Waals surface area contributed by atoms with Crippen molar-refractivity contribution in [1.29, 1.82) is 0 Å². The zero-order valence-electron chi connectivity index (χ0n) is 14.1. The maximum Gasteiger partial charge on any atom is 0.0757 e. The Morgan fingerprint density at radius 1 is 1.24 bits per heavy atom. The number of ether oxygens (including phenoxy) is 1. The standard InChI is InChI=1S/C18H30N2O/c1-14(2)19-10-16-6-8-17(9-7-16)12-20-11-15(3)21-18(4,5)13-20/h6-9,14-15,19H,10-13H2,1-5H3. The topological polar surface area (TPSA) is 24.5 Å². The highest BCUT2D eigenvalue weighted by atomic mass is 16.5. The Bertz CT molecular complexity index is 439. The van der Waals surface area contributed by atoms with Gasteiger partial charge in [-0.15, -0.1) is 0 Å². The molecule has 1 aliphatic rings. The third-order valence-electron chi connectivity index (χ3n) is 3.78. The molecular weight excluding hydrogens is 260 g/mol. The number of morpholine rings is 1. The van der Waals surface area contributed by atoms with E-state index >= 15 is 0 Å². The first-order valence-corrected chi connectivity index (χ1v) is 8.05. The van der Waals surface area contributed by atoms with E-state index in [2.05, 4.69) is 69.1 Å². The minimum atomic E-state index is -0.0429. The van der Waals surface area contributed by atoms with E-state index in [1.165, 1.54) is 11.1 Å². The molecule has 1 fully saturated rings.